The Morgan fingerprint density at radius 2 is 2.12 bits per heavy atom. The molecule has 1 fully saturated rings. The first-order valence-corrected chi connectivity index (χ1v) is 8.74. The van der Waals surface area contributed by atoms with Crippen LogP contribution in [0.3, 0.4) is 0 Å². The van der Waals surface area contributed by atoms with Gasteiger partial charge in [-0.25, -0.2) is 0 Å². The summed E-state index contributed by atoms with van der Waals surface area (Å²) in [5.74, 6) is 0.655. The third-order valence-corrected chi connectivity index (χ3v) is 5.09. The topological polar surface area (TPSA) is 94.5 Å². The summed E-state index contributed by atoms with van der Waals surface area (Å²) in [4.78, 5) is 14.6. The summed E-state index contributed by atoms with van der Waals surface area (Å²) in [7, 11) is 0. The van der Waals surface area contributed by atoms with Crippen molar-refractivity contribution in [2.75, 3.05) is 5.32 Å². The van der Waals surface area contributed by atoms with Gasteiger partial charge in [-0.1, -0.05) is 6.07 Å². The molecule has 0 saturated heterocycles. The molecule has 0 aliphatic heterocycles. The molecule has 130 valence electrons. The van der Waals surface area contributed by atoms with Gasteiger partial charge in [0.05, 0.1) is 11.2 Å². The Balaban J connectivity index is 1.83. The normalized spacial score (nSPS) is 14.8. The molecule has 0 amide bonds. The van der Waals surface area contributed by atoms with Crippen LogP contribution in [0.1, 0.15) is 31.0 Å². The van der Waals surface area contributed by atoms with E-state index in [-0.39, 0.29) is 5.56 Å². The van der Waals surface area contributed by atoms with E-state index in [4.69, 9.17) is 0 Å². The van der Waals surface area contributed by atoms with Crippen LogP contribution in [0.5, 0.6) is 0 Å². The Kier molecular flexibility index (Phi) is 3.92. The number of H-pyrrole nitrogens is 1. The van der Waals surface area contributed by atoms with Crippen LogP contribution in [-0.2, 0) is 0 Å². The average Bonchev–Trinajstić information content (AvgIpc) is 3.49. The van der Waals surface area contributed by atoms with E-state index in [0.717, 1.165) is 22.2 Å². The third-order valence-electron chi connectivity index (χ3n) is 5.09. The molecule has 0 spiro atoms. The minimum atomic E-state index is -0.103. The van der Waals surface area contributed by atoms with Gasteiger partial charge in [-0.15, -0.1) is 10.2 Å². The van der Waals surface area contributed by atoms with Crippen molar-refractivity contribution in [3.05, 3.63) is 52.1 Å². The molecule has 0 radical (unpaired) electrons. The second-order valence-corrected chi connectivity index (χ2v) is 6.88. The number of hydrogen-bond acceptors (Lipinski definition) is 5. The number of hydrogen-bond donors (Lipinski definition) is 2. The van der Waals surface area contributed by atoms with Crippen molar-refractivity contribution in [2.24, 2.45) is 5.92 Å². The molecule has 26 heavy (non-hydrogen) atoms. The number of fused-ring (bicyclic) bond motifs is 1. The van der Waals surface area contributed by atoms with Crippen molar-refractivity contribution < 1.29 is 0 Å². The highest BCUT2D eigenvalue weighted by Gasteiger charge is 2.29. The standard InChI is InChI=1S/C20H19N5O/c1-11-15(7-8-22-20(11)26)14-5-6-16-17(9-14)24-25-18(10-21)19(16)23-12(2)13-3-4-13/h5-9,12-13H,3-4H2,1-2H3,(H,22,26)(H,23,24). The molecule has 1 unspecified atom stereocenters. The first-order chi connectivity index (χ1) is 12.6. The zero-order valence-electron chi connectivity index (χ0n) is 14.7. The smallest absolute Gasteiger partial charge is 0.251 e. The quantitative estimate of drug-likeness (QED) is 0.756. The third kappa shape index (κ3) is 2.82. The maximum atomic E-state index is 11.9. The molecule has 2 aromatic heterocycles. The van der Waals surface area contributed by atoms with Crippen LogP contribution in [0.4, 0.5) is 5.69 Å². The molecule has 1 aromatic carbocycles. The molecule has 3 aromatic rings. The summed E-state index contributed by atoms with van der Waals surface area (Å²) in [5.41, 5.74) is 4.08. The number of aromatic nitrogens is 3. The van der Waals surface area contributed by atoms with Gasteiger partial charge in [-0.05, 0) is 61.9 Å². The fourth-order valence-electron chi connectivity index (χ4n) is 3.31. The van der Waals surface area contributed by atoms with Crippen molar-refractivity contribution in [1.29, 1.82) is 5.26 Å². The number of nitriles is 1. The Bertz CT molecular complexity index is 1090. The lowest BCUT2D eigenvalue weighted by molar-refractivity contribution is 0.694. The van der Waals surface area contributed by atoms with E-state index in [1.807, 2.05) is 24.3 Å². The van der Waals surface area contributed by atoms with Crippen LogP contribution >= 0.6 is 0 Å². The lowest BCUT2D eigenvalue weighted by Gasteiger charge is -2.17. The van der Waals surface area contributed by atoms with Crippen LogP contribution in [0.25, 0.3) is 22.0 Å². The summed E-state index contributed by atoms with van der Waals surface area (Å²) in [6.07, 6.45) is 4.08. The SMILES string of the molecule is Cc1c(-c2ccc3c(NC(C)C4CC4)c(C#N)nnc3c2)cc[nH]c1=O. The van der Waals surface area contributed by atoms with Gasteiger partial charge in [0.25, 0.3) is 5.56 Å². The van der Waals surface area contributed by atoms with Gasteiger partial charge in [-0.3, -0.25) is 4.79 Å². The van der Waals surface area contributed by atoms with E-state index >= 15 is 0 Å². The van der Waals surface area contributed by atoms with Crippen LogP contribution in [0.2, 0.25) is 0 Å². The summed E-state index contributed by atoms with van der Waals surface area (Å²) in [6, 6.07) is 10.1. The van der Waals surface area contributed by atoms with Gasteiger partial charge < -0.3 is 10.3 Å². The van der Waals surface area contributed by atoms with Crippen molar-refractivity contribution >= 4 is 16.6 Å². The monoisotopic (exact) mass is 345 g/mol. The molecule has 1 aliphatic rings. The van der Waals surface area contributed by atoms with E-state index < -0.39 is 0 Å². The maximum absolute atomic E-state index is 11.9. The van der Waals surface area contributed by atoms with Gasteiger partial charge in [0.1, 0.15) is 6.07 Å². The zero-order chi connectivity index (χ0) is 18.3. The van der Waals surface area contributed by atoms with E-state index in [1.54, 1.807) is 13.1 Å². The van der Waals surface area contributed by atoms with Crippen molar-refractivity contribution in [1.82, 2.24) is 15.2 Å². The Hall–Kier alpha value is -3.20. The van der Waals surface area contributed by atoms with Crippen molar-refractivity contribution in [2.45, 2.75) is 32.7 Å². The summed E-state index contributed by atoms with van der Waals surface area (Å²) >= 11 is 0. The highest BCUT2D eigenvalue weighted by atomic mass is 16.1. The Labute approximate surface area is 150 Å². The molecular weight excluding hydrogens is 326 g/mol. The highest BCUT2D eigenvalue weighted by molar-refractivity contribution is 5.95. The molecule has 1 saturated carbocycles. The fraction of sp³-hybridized carbons (Fsp3) is 0.300. The van der Waals surface area contributed by atoms with Crippen LogP contribution in [-0.4, -0.2) is 21.2 Å². The Morgan fingerprint density at radius 3 is 2.85 bits per heavy atom. The van der Waals surface area contributed by atoms with E-state index in [1.165, 1.54) is 12.8 Å². The maximum Gasteiger partial charge on any atom is 0.251 e. The largest absolute Gasteiger partial charge is 0.379 e. The molecule has 0 bridgehead atoms. The van der Waals surface area contributed by atoms with E-state index in [0.29, 0.717) is 28.7 Å². The number of aromatic amines is 1. The molecule has 1 atom stereocenters. The zero-order valence-corrected chi connectivity index (χ0v) is 14.7. The second-order valence-electron chi connectivity index (χ2n) is 6.88. The van der Waals surface area contributed by atoms with Crippen LogP contribution < -0.4 is 10.9 Å². The second kappa shape index (κ2) is 6.26. The van der Waals surface area contributed by atoms with Gasteiger partial charge >= 0.3 is 0 Å². The van der Waals surface area contributed by atoms with E-state index in [2.05, 4.69) is 33.5 Å². The number of anilines is 1. The minimum absolute atomic E-state index is 0.103. The highest BCUT2D eigenvalue weighted by Crippen LogP contribution is 2.36. The predicted octanol–water partition coefficient (Wildman–Crippen LogP) is 3.38. The number of nitrogens with zero attached hydrogens (tertiary/aromatic N) is 3. The van der Waals surface area contributed by atoms with Gasteiger partial charge in [0.2, 0.25) is 0 Å². The summed E-state index contributed by atoms with van der Waals surface area (Å²) in [5, 5.41) is 22.1. The average molecular weight is 345 g/mol. The van der Waals surface area contributed by atoms with Crippen LogP contribution in [0, 0.1) is 24.2 Å². The molecule has 2 N–H and O–H groups in total. The van der Waals surface area contributed by atoms with Gasteiger partial charge in [0, 0.05) is 23.2 Å². The summed E-state index contributed by atoms with van der Waals surface area (Å²) < 4.78 is 0. The van der Waals surface area contributed by atoms with Gasteiger partial charge in [0.15, 0.2) is 5.69 Å². The molecule has 6 heteroatoms. The fourth-order valence-corrected chi connectivity index (χ4v) is 3.31. The minimum Gasteiger partial charge on any atom is -0.379 e. The lowest BCUT2D eigenvalue weighted by Crippen LogP contribution is -2.19. The molecular formula is C20H19N5O. The van der Waals surface area contributed by atoms with Gasteiger partial charge in [-0.2, -0.15) is 5.26 Å². The first kappa shape index (κ1) is 16.3. The predicted molar refractivity (Wildman–Crippen MR) is 101 cm³/mol. The molecule has 1 aliphatic carbocycles. The van der Waals surface area contributed by atoms with Crippen molar-refractivity contribution in [3.63, 3.8) is 0 Å². The molecule has 2 heterocycles. The van der Waals surface area contributed by atoms with Crippen LogP contribution in [0.15, 0.2) is 35.3 Å². The van der Waals surface area contributed by atoms with E-state index in [9.17, 15) is 10.1 Å². The summed E-state index contributed by atoms with van der Waals surface area (Å²) in [6.45, 7) is 3.94. The molecule has 4 rings (SSSR count). The first-order valence-electron chi connectivity index (χ1n) is 8.74. The number of pyridine rings is 1. The number of benzene rings is 1. The molecule has 6 nitrogen and oxygen atoms in total. The van der Waals surface area contributed by atoms with Crippen molar-refractivity contribution in [3.8, 4) is 17.2 Å². The number of rotatable bonds is 4. The number of nitrogens with one attached hydrogen (secondary N) is 2. The Morgan fingerprint density at radius 1 is 1.31 bits per heavy atom. The lowest BCUT2D eigenvalue weighted by atomic mass is 10.00.